The molecule has 0 spiro atoms. The Kier molecular flexibility index (Phi) is 4.26. The molecule has 0 aliphatic carbocycles. The second-order valence-electron chi connectivity index (χ2n) is 5.80. The van der Waals surface area contributed by atoms with Gasteiger partial charge >= 0.3 is 11.7 Å². The number of hydrogen-bond donors (Lipinski definition) is 0. The Morgan fingerprint density at radius 1 is 1.20 bits per heavy atom. The van der Waals surface area contributed by atoms with E-state index in [1.807, 2.05) is 30.3 Å². The smallest absolute Gasteiger partial charge is 0.333 e. The van der Waals surface area contributed by atoms with Gasteiger partial charge in [-0.05, 0) is 12.5 Å². The first-order valence-corrected chi connectivity index (χ1v) is 7.75. The quantitative estimate of drug-likeness (QED) is 0.653. The van der Waals surface area contributed by atoms with Crippen molar-refractivity contribution < 1.29 is 9.53 Å². The first kappa shape index (κ1) is 16.7. The molecule has 3 aromatic rings. The van der Waals surface area contributed by atoms with Crippen LogP contribution in [0.2, 0.25) is 0 Å². The lowest BCUT2D eigenvalue weighted by molar-refractivity contribution is -0.149. The van der Waals surface area contributed by atoms with Crippen LogP contribution in [0.4, 0.5) is 0 Å². The summed E-state index contributed by atoms with van der Waals surface area (Å²) in [5, 5.41) is 0. The predicted molar refractivity (Wildman–Crippen MR) is 91.2 cm³/mol. The lowest BCUT2D eigenvalue weighted by Gasteiger charge is -2.14. The first-order valence-electron chi connectivity index (χ1n) is 7.75. The molecular weight excluding hydrogens is 324 g/mol. The van der Waals surface area contributed by atoms with E-state index in [4.69, 9.17) is 4.74 Å². The minimum Gasteiger partial charge on any atom is -0.456 e. The molecule has 1 atom stereocenters. The third-order valence-corrected chi connectivity index (χ3v) is 4.07. The number of fused-ring (bicyclic) bond motifs is 1. The second-order valence-corrected chi connectivity index (χ2v) is 5.80. The number of carbonyl (C=O) groups is 1. The molecular formula is C17H18N4O4. The number of ether oxygens (including phenoxy) is 1. The number of rotatable bonds is 4. The van der Waals surface area contributed by atoms with E-state index < -0.39 is 29.9 Å². The zero-order chi connectivity index (χ0) is 18.1. The molecule has 8 nitrogen and oxygen atoms in total. The lowest BCUT2D eigenvalue weighted by Crippen LogP contribution is -2.41. The molecule has 3 rings (SSSR count). The molecule has 0 radical (unpaired) electrons. The molecule has 0 aliphatic rings. The topological polar surface area (TPSA) is 88.1 Å². The third-order valence-electron chi connectivity index (χ3n) is 4.07. The van der Waals surface area contributed by atoms with Gasteiger partial charge in [-0.15, -0.1) is 0 Å². The average Bonchev–Trinajstić information content (AvgIpc) is 2.99. The number of carbonyl (C=O) groups excluding carboxylic acids is 1. The van der Waals surface area contributed by atoms with E-state index in [9.17, 15) is 14.4 Å². The summed E-state index contributed by atoms with van der Waals surface area (Å²) in [5.74, 6) is -0.655. The lowest BCUT2D eigenvalue weighted by atomic mass is 10.1. The van der Waals surface area contributed by atoms with Crippen molar-refractivity contribution in [3.8, 4) is 0 Å². The van der Waals surface area contributed by atoms with Crippen molar-refractivity contribution >= 4 is 17.1 Å². The van der Waals surface area contributed by atoms with Crippen molar-refractivity contribution in [2.24, 2.45) is 14.1 Å². The standard InChI is InChI=1S/C17H18N4O4/c1-11(12-7-5-4-6-8-12)25-13(22)9-21-16(23)14-15(18-10-19(14)2)20(3)17(21)24/h4-8,10-11H,9H2,1-3H3. The van der Waals surface area contributed by atoms with Crippen LogP contribution in [0.5, 0.6) is 0 Å². The Morgan fingerprint density at radius 2 is 1.88 bits per heavy atom. The molecule has 0 fully saturated rings. The SMILES string of the molecule is CC(OC(=O)Cn1c(=O)c2c(ncn2C)n(C)c1=O)c1ccccc1. The van der Waals surface area contributed by atoms with E-state index in [2.05, 4.69) is 4.98 Å². The summed E-state index contributed by atoms with van der Waals surface area (Å²) in [6.45, 7) is 1.28. The van der Waals surface area contributed by atoms with Gasteiger partial charge in [0.1, 0.15) is 12.6 Å². The van der Waals surface area contributed by atoms with E-state index >= 15 is 0 Å². The molecule has 0 bridgehead atoms. The summed E-state index contributed by atoms with van der Waals surface area (Å²) < 4.78 is 8.97. The molecule has 0 N–H and O–H groups in total. The molecule has 0 saturated heterocycles. The van der Waals surface area contributed by atoms with Gasteiger partial charge in [0.25, 0.3) is 5.56 Å². The fourth-order valence-corrected chi connectivity index (χ4v) is 2.69. The van der Waals surface area contributed by atoms with Crippen molar-refractivity contribution in [2.75, 3.05) is 0 Å². The van der Waals surface area contributed by atoms with Crippen LogP contribution in [0.1, 0.15) is 18.6 Å². The maximum atomic E-state index is 12.6. The molecule has 2 heterocycles. The van der Waals surface area contributed by atoms with Gasteiger partial charge < -0.3 is 9.30 Å². The Hall–Kier alpha value is -3.16. The van der Waals surface area contributed by atoms with Crippen molar-refractivity contribution in [1.29, 1.82) is 0 Å². The van der Waals surface area contributed by atoms with Crippen molar-refractivity contribution in [1.82, 2.24) is 18.7 Å². The summed E-state index contributed by atoms with van der Waals surface area (Å²) >= 11 is 0. The van der Waals surface area contributed by atoms with E-state index in [1.165, 1.54) is 22.5 Å². The molecule has 25 heavy (non-hydrogen) atoms. The Morgan fingerprint density at radius 3 is 2.56 bits per heavy atom. The maximum absolute atomic E-state index is 12.6. The van der Waals surface area contributed by atoms with E-state index in [-0.39, 0.29) is 11.2 Å². The maximum Gasteiger partial charge on any atom is 0.333 e. The zero-order valence-electron chi connectivity index (χ0n) is 14.2. The number of aromatic nitrogens is 4. The average molecular weight is 342 g/mol. The normalized spacial score (nSPS) is 12.3. The molecule has 2 aromatic heterocycles. The fraction of sp³-hybridized carbons (Fsp3) is 0.294. The monoisotopic (exact) mass is 342 g/mol. The second kappa shape index (κ2) is 6.39. The predicted octanol–water partition coefficient (Wildman–Crippen LogP) is 0.738. The number of aryl methyl sites for hydroxylation is 2. The summed E-state index contributed by atoms with van der Waals surface area (Å²) in [6.07, 6.45) is 0.972. The summed E-state index contributed by atoms with van der Waals surface area (Å²) in [6, 6.07) is 9.23. The highest BCUT2D eigenvalue weighted by Crippen LogP contribution is 2.16. The molecule has 1 unspecified atom stereocenters. The van der Waals surface area contributed by atoms with Gasteiger partial charge in [0.05, 0.1) is 6.33 Å². The highest BCUT2D eigenvalue weighted by Gasteiger charge is 2.19. The zero-order valence-corrected chi connectivity index (χ0v) is 14.2. The van der Waals surface area contributed by atoms with E-state index in [0.29, 0.717) is 0 Å². The molecule has 130 valence electrons. The van der Waals surface area contributed by atoms with Crippen LogP contribution >= 0.6 is 0 Å². The summed E-state index contributed by atoms with van der Waals surface area (Å²) in [5.41, 5.74) is 0.187. The minimum absolute atomic E-state index is 0.256. The van der Waals surface area contributed by atoms with Gasteiger partial charge in [-0.25, -0.2) is 14.3 Å². The van der Waals surface area contributed by atoms with Crippen molar-refractivity contribution in [3.05, 3.63) is 63.1 Å². The molecule has 0 amide bonds. The Labute approximate surface area is 142 Å². The summed E-state index contributed by atoms with van der Waals surface area (Å²) in [4.78, 5) is 41.2. The molecule has 8 heteroatoms. The van der Waals surface area contributed by atoms with Gasteiger partial charge in [-0.1, -0.05) is 30.3 Å². The Balaban J connectivity index is 1.90. The molecule has 0 aliphatic heterocycles. The van der Waals surface area contributed by atoms with E-state index in [0.717, 1.165) is 10.1 Å². The van der Waals surface area contributed by atoms with Crippen LogP contribution in [0.15, 0.2) is 46.2 Å². The van der Waals surface area contributed by atoms with E-state index in [1.54, 1.807) is 14.0 Å². The van der Waals surface area contributed by atoms with Gasteiger partial charge in [0.2, 0.25) is 0 Å². The minimum atomic E-state index is -0.655. The Bertz CT molecular complexity index is 1050. The van der Waals surface area contributed by atoms with Crippen molar-refractivity contribution in [2.45, 2.75) is 19.6 Å². The summed E-state index contributed by atoms with van der Waals surface area (Å²) in [7, 11) is 3.16. The van der Waals surface area contributed by atoms with Gasteiger partial charge in [-0.2, -0.15) is 0 Å². The molecule has 0 saturated carbocycles. The first-order chi connectivity index (χ1) is 11.9. The number of benzene rings is 1. The van der Waals surface area contributed by atoms with Crippen LogP contribution in [-0.4, -0.2) is 24.7 Å². The number of hydrogen-bond acceptors (Lipinski definition) is 5. The van der Waals surface area contributed by atoms with Gasteiger partial charge in [0, 0.05) is 14.1 Å². The molecule has 1 aromatic carbocycles. The van der Waals surface area contributed by atoms with Crippen LogP contribution in [-0.2, 0) is 30.2 Å². The van der Waals surface area contributed by atoms with Crippen LogP contribution < -0.4 is 11.2 Å². The third kappa shape index (κ3) is 2.98. The number of nitrogens with zero attached hydrogens (tertiary/aromatic N) is 4. The van der Waals surface area contributed by atoms with Crippen LogP contribution in [0.25, 0.3) is 11.2 Å². The fourth-order valence-electron chi connectivity index (χ4n) is 2.69. The number of imidazole rings is 1. The van der Waals surface area contributed by atoms with Gasteiger partial charge in [-0.3, -0.25) is 14.2 Å². The van der Waals surface area contributed by atoms with Crippen LogP contribution in [0, 0.1) is 0 Å². The number of esters is 1. The highest BCUT2D eigenvalue weighted by atomic mass is 16.5. The van der Waals surface area contributed by atoms with Gasteiger partial charge in [0.15, 0.2) is 11.2 Å². The largest absolute Gasteiger partial charge is 0.456 e. The van der Waals surface area contributed by atoms with Crippen molar-refractivity contribution in [3.63, 3.8) is 0 Å². The van der Waals surface area contributed by atoms with Crippen LogP contribution in [0.3, 0.4) is 0 Å². The highest BCUT2D eigenvalue weighted by molar-refractivity contribution is 5.72.